The molecule has 19 heavy (non-hydrogen) atoms. The van der Waals surface area contributed by atoms with E-state index in [0.717, 1.165) is 31.3 Å². The van der Waals surface area contributed by atoms with Gasteiger partial charge in [0.1, 0.15) is 0 Å². The smallest absolute Gasteiger partial charge is 0.0700 e. The molecule has 1 N–H and O–H groups in total. The number of alkyl halides is 1. The summed E-state index contributed by atoms with van der Waals surface area (Å²) in [6.07, 6.45) is 5.77. The number of likely N-dealkylation sites (tertiary alicyclic amines) is 1. The molecule has 0 spiro atoms. The van der Waals surface area contributed by atoms with Crippen LogP contribution in [-0.4, -0.2) is 40.6 Å². The quantitative estimate of drug-likeness (QED) is 0.797. The molecule has 0 bridgehead atoms. The molecule has 0 aromatic rings. The molecule has 2 rings (SSSR count). The van der Waals surface area contributed by atoms with Gasteiger partial charge in [-0.25, -0.2) is 0 Å². The van der Waals surface area contributed by atoms with Crippen molar-refractivity contribution in [2.24, 2.45) is 17.3 Å². The first-order chi connectivity index (χ1) is 8.85. The van der Waals surface area contributed by atoms with Crippen LogP contribution in [0.25, 0.3) is 0 Å². The Labute approximate surface area is 127 Å². The van der Waals surface area contributed by atoms with Gasteiger partial charge in [-0.15, -0.1) is 0 Å². The van der Waals surface area contributed by atoms with Gasteiger partial charge < -0.3 is 10.0 Å². The maximum Gasteiger partial charge on any atom is 0.0700 e. The van der Waals surface area contributed by atoms with Crippen molar-refractivity contribution >= 4 is 15.9 Å². The molecule has 1 aliphatic carbocycles. The molecule has 1 heterocycles. The number of halogens is 1. The van der Waals surface area contributed by atoms with Crippen molar-refractivity contribution in [3.63, 3.8) is 0 Å². The molecule has 0 aromatic carbocycles. The van der Waals surface area contributed by atoms with Crippen molar-refractivity contribution in [2.75, 3.05) is 25.0 Å². The molecule has 1 saturated carbocycles. The fraction of sp³-hybridized carbons (Fsp3) is 1.00. The second-order valence-electron chi connectivity index (χ2n) is 7.77. The van der Waals surface area contributed by atoms with E-state index in [1.807, 2.05) is 0 Å². The lowest BCUT2D eigenvalue weighted by Gasteiger charge is -2.48. The van der Waals surface area contributed by atoms with Crippen molar-refractivity contribution in [2.45, 2.75) is 58.5 Å². The molecule has 3 heteroatoms. The summed E-state index contributed by atoms with van der Waals surface area (Å²) < 4.78 is 0. The molecular formula is C16H30BrNO. The second-order valence-corrected chi connectivity index (χ2v) is 8.42. The van der Waals surface area contributed by atoms with Gasteiger partial charge in [0.25, 0.3) is 0 Å². The number of hydrogen-bond donors (Lipinski definition) is 1. The van der Waals surface area contributed by atoms with Gasteiger partial charge in [0.2, 0.25) is 0 Å². The van der Waals surface area contributed by atoms with E-state index in [2.05, 4.69) is 41.6 Å². The van der Waals surface area contributed by atoms with E-state index in [1.54, 1.807) is 0 Å². The predicted molar refractivity (Wildman–Crippen MR) is 84.7 cm³/mol. The Morgan fingerprint density at radius 2 is 2.05 bits per heavy atom. The van der Waals surface area contributed by atoms with Gasteiger partial charge in [-0.1, -0.05) is 49.5 Å². The van der Waals surface area contributed by atoms with Crippen molar-refractivity contribution in [3.8, 4) is 0 Å². The van der Waals surface area contributed by atoms with Gasteiger partial charge in [-0.3, -0.25) is 0 Å². The summed E-state index contributed by atoms with van der Waals surface area (Å²) in [6.45, 7) is 10.4. The van der Waals surface area contributed by atoms with E-state index in [4.69, 9.17) is 0 Å². The average molecular weight is 332 g/mol. The standard InChI is InChI=1S/C16H30BrNO/c1-15(2,3)14(10-17)12-18-9-8-16(19)7-5-4-6-13(16)11-18/h13-14,19H,4-12H2,1-3H3. The number of fused-ring (bicyclic) bond motifs is 1. The first kappa shape index (κ1) is 15.8. The number of hydrogen-bond acceptors (Lipinski definition) is 2. The van der Waals surface area contributed by atoms with Gasteiger partial charge in [0.05, 0.1) is 5.60 Å². The summed E-state index contributed by atoms with van der Waals surface area (Å²) in [4.78, 5) is 2.60. The second kappa shape index (κ2) is 6.03. The third-order valence-corrected chi connectivity index (χ3v) is 6.18. The summed E-state index contributed by atoms with van der Waals surface area (Å²) in [5, 5.41) is 11.8. The lowest BCUT2D eigenvalue weighted by atomic mass is 9.71. The molecule has 2 fully saturated rings. The molecule has 1 aliphatic heterocycles. The summed E-state index contributed by atoms with van der Waals surface area (Å²) >= 11 is 3.68. The normalized spacial score (nSPS) is 34.9. The molecule has 112 valence electrons. The monoisotopic (exact) mass is 331 g/mol. The van der Waals surface area contributed by atoms with E-state index in [9.17, 15) is 5.11 Å². The van der Waals surface area contributed by atoms with Crippen molar-refractivity contribution in [1.82, 2.24) is 4.90 Å². The van der Waals surface area contributed by atoms with E-state index < -0.39 is 0 Å². The average Bonchev–Trinajstić information content (AvgIpc) is 2.34. The Hall–Kier alpha value is 0.400. The lowest BCUT2D eigenvalue weighted by molar-refractivity contribution is -0.0984. The number of piperidine rings is 1. The highest BCUT2D eigenvalue weighted by Crippen LogP contribution is 2.40. The minimum Gasteiger partial charge on any atom is -0.390 e. The van der Waals surface area contributed by atoms with Crippen LogP contribution in [0.3, 0.4) is 0 Å². The fourth-order valence-electron chi connectivity index (χ4n) is 3.67. The van der Waals surface area contributed by atoms with E-state index in [1.165, 1.54) is 25.8 Å². The molecular weight excluding hydrogens is 302 g/mol. The first-order valence-electron chi connectivity index (χ1n) is 7.86. The van der Waals surface area contributed by atoms with E-state index in [-0.39, 0.29) is 5.60 Å². The molecule has 2 aliphatic rings. The minimum absolute atomic E-state index is 0.333. The molecule has 0 amide bonds. The molecule has 3 atom stereocenters. The summed E-state index contributed by atoms with van der Waals surface area (Å²) in [5.74, 6) is 1.20. The Morgan fingerprint density at radius 1 is 1.32 bits per heavy atom. The molecule has 3 unspecified atom stereocenters. The highest BCUT2D eigenvalue weighted by Gasteiger charge is 2.43. The maximum absolute atomic E-state index is 10.7. The summed E-state index contributed by atoms with van der Waals surface area (Å²) in [5.41, 5.74) is 0.0181. The SMILES string of the molecule is CC(C)(C)C(CBr)CN1CCC2(O)CCCCC2C1. The summed E-state index contributed by atoms with van der Waals surface area (Å²) in [6, 6.07) is 0. The predicted octanol–water partition coefficient (Wildman–Crippen LogP) is 3.67. The molecule has 1 saturated heterocycles. The zero-order chi connectivity index (χ0) is 14.1. The number of aliphatic hydroxyl groups is 1. The number of rotatable bonds is 3. The summed E-state index contributed by atoms with van der Waals surface area (Å²) in [7, 11) is 0. The highest BCUT2D eigenvalue weighted by molar-refractivity contribution is 9.09. The zero-order valence-electron chi connectivity index (χ0n) is 12.8. The van der Waals surface area contributed by atoms with E-state index in [0.29, 0.717) is 17.3 Å². The van der Waals surface area contributed by atoms with Crippen molar-refractivity contribution in [1.29, 1.82) is 0 Å². The van der Waals surface area contributed by atoms with Gasteiger partial charge in [-0.2, -0.15) is 0 Å². The first-order valence-corrected chi connectivity index (χ1v) is 8.98. The Bertz CT molecular complexity index is 302. The van der Waals surface area contributed by atoms with E-state index >= 15 is 0 Å². The van der Waals surface area contributed by atoms with Crippen LogP contribution in [0.15, 0.2) is 0 Å². The van der Waals surface area contributed by atoms with Gasteiger partial charge in [0.15, 0.2) is 0 Å². The van der Waals surface area contributed by atoms with Crippen LogP contribution in [0.2, 0.25) is 0 Å². The molecule has 0 aromatic heterocycles. The van der Waals surface area contributed by atoms with Gasteiger partial charge in [0, 0.05) is 30.9 Å². The maximum atomic E-state index is 10.7. The Balaban J connectivity index is 1.93. The zero-order valence-corrected chi connectivity index (χ0v) is 14.4. The Morgan fingerprint density at radius 3 is 2.68 bits per heavy atom. The van der Waals surface area contributed by atoms with Crippen LogP contribution in [-0.2, 0) is 0 Å². The van der Waals surface area contributed by atoms with Crippen LogP contribution < -0.4 is 0 Å². The van der Waals surface area contributed by atoms with Crippen LogP contribution in [0.4, 0.5) is 0 Å². The topological polar surface area (TPSA) is 23.5 Å². The number of nitrogens with zero attached hydrogens (tertiary/aromatic N) is 1. The van der Waals surface area contributed by atoms with Gasteiger partial charge >= 0.3 is 0 Å². The molecule has 0 radical (unpaired) electrons. The molecule has 2 nitrogen and oxygen atoms in total. The van der Waals surface area contributed by atoms with Crippen molar-refractivity contribution < 1.29 is 5.11 Å². The van der Waals surface area contributed by atoms with Crippen LogP contribution in [0.1, 0.15) is 52.9 Å². The third-order valence-electron chi connectivity index (χ3n) is 5.40. The largest absolute Gasteiger partial charge is 0.390 e. The third kappa shape index (κ3) is 3.74. The minimum atomic E-state index is -0.333. The lowest BCUT2D eigenvalue weighted by Crippen LogP contribution is -2.54. The highest BCUT2D eigenvalue weighted by atomic mass is 79.9. The Kier molecular flexibility index (Phi) is 5.01. The van der Waals surface area contributed by atoms with Crippen LogP contribution in [0.5, 0.6) is 0 Å². The van der Waals surface area contributed by atoms with Crippen molar-refractivity contribution in [3.05, 3.63) is 0 Å². The fourth-order valence-corrected chi connectivity index (χ4v) is 4.85. The van der Waals surface area contributed by atoms with Gasteiger partial charge in [-0.05, 0) is 30.6 Å². The van der Waals surface area contributed by atoms with Crippen LogP contribution >= 0.6 is 15.9 Å². The van der Waals surface area contributed by atoms with Crippen LogP contribution in [0, 0.1) is 17.3 Å².